The molecule has 0 radical (unpaired) electrons. The summed E-state index contributed by atoms with van der Waals surface area (Å²) >= 11 is 0. The van der Waals surface area contributed by atoms with Crippen molar-refractivity contribution in [1.29, 1.82) is 0 Å². The summed E-state index contributed by atoms with van der Waals surface area (Å²) in [6, 6.07) is 8.35. The van der Waals surface area contributed by atoms with Crippen LogP contribution in [-0.4, -0.2) is 67.1 Å². The molecule has 1 aliphatic carbocycles. The number of nitrogens with zero attached hydrogens (tertiary/aromatic N) is 1. The van der Waals surface area contributed by atoms with Crippen LogP contribution in [0.15, 0.2) is 30.3 Å². The summed E-state index contributed by atoms with van der Waals surface area (Å²) < 4.78 is 22.2. The van der Waals surface area contributed by atoms with Crippen molar-refractivity contribution < 1.29 is 33.3 Å². The second-order valence-corrected chi connectivity index (χ2v) is 8.36. The van der Waals surface area contributed by atoms with Crippen LogP contribution < -0.4 is 5.32 Å². The first-order valence-corrected chi connectivity index (χ1v) is 11.2. The van der Waals surface area contributed by atoms with Gasteiger partial charge in [0.25, 0.3) is 0 Å². The van der Waals surface area contributed by atoms with Crippen molar-refractivity contribution in [3.8, 4) is 0 Å². The molecule has 1 N–H and O–H groups in total. The molecule has 0 unspecified atom stereocenters. The van der Waals surface area contributed by atoms with Gasteiger partial charge in [0.15, 0.2) is 5.79 Å². The Kier molecular flexibility index (Phi) is 6.95. The largest absolute Gasteiger partial charge is 0.466 e. The predicted octanol–water partition coefficient (Wildman–Crippen LogP) is 1.99. The number of ether oxygens (including phenoxy) is 4. The van der Waals surface area contributed by atoms with Crippen LogP contribution in [0.25, 0.3) is 0 Å². The van der Waals surface area contributed by atoms with Gasteiger partial charge in [-0.3, -0.25) is 9.59 Å². The molecule has 2 aliphatic heterocycles. The third-order valence-corrected chi connectivity index (χ3v) is 6.36. The number of esters is 1. The van der Waals surface area contributed by atoms with E-state index in [0.717, 1.165) is 5.56 Å². The fourth-order valence-electron chi connectivity index (χ4n) is 4.84. The number of nitrogens with one attached hydrogen (secondary N) is 1. The number of benzene rings is 1. The maximum atomic E-state index is 13.1. The van der Waals surface area contributed by atoms with Crippen molar-refractivity contribution in [2.24, 2.45) is 5.92 Å². The molecule has 3 atom stereocenters. The lowest BCUT2D eigenvalue weighted by Gasteiger charge is -2.43. The van der Waals surface area contributed by atoms with Crippen molar-refractivity contribution in [2.75, 3.05) is 26.4 Å². The molecule has 1 saturated carbocycles. The second-order valence-electron chi connectivity index (χ2n) is 8.36. The Hall–Kier alpha value is -2.65. The van der Waals surface area contributed by atoms with Crippen LogP contribution in [0.3, 0.4) is 0 Å². The van der Waals surface area contributed by atoms with Gasteiger partial charge in [-0.25, -0.2) is 4.79 Å². The third kappa shape index (κ3) is 4.88. The van der Waals surface area contributed by atoms with Crippen LogP contribution in [0.2, 0.25) is 0 Å². The molecule has 4 rings (SSSR count). The molecule has 3 fully saturated rings. The van der Waals surface area contributed by atoms with Crippen LogP contribution >= 0.6 is 0 Å². The molecule has 9 nitrogen and oxygen atoms in total. The molecule has 2 saturated heterocycles. The van der Waals surface area contributed by atoms with E-state index in [2.05, 4.69) is 5.32 Å². The van der Waals surface area contributed by atoms with Crippen molar-refractivity contribution in [2.45, 2.75) is 57.1 Å². The van der Waals surface area contributed by atoms with E-state index in [0.29, 0.717) is 45.4 Å². The molecule has 0 bridgehead atoms. The molecule has 3 aliphatic rings. The first-order chi connectivity index (χ1) is 15.5. The average Bonchev–Trinajstić information content (AvgIpc) is 3.40. The molecule has 0 aromatic heterocycles. The monoisotopic (exact) mass is 446 g/mol. The van der Waals surface area contributed by atoms with Crippen LogP contribution in [0.5, 0.6) is 0 Å². The van der Waals surface area contributed by atoms with Gasteiger partial charge < -0.3 is 29.2 Å². The van der Waals surface area contributed by atoms with Gasteiger partial charge in [-0.2, -0.15) is 0 Å². The van der Waals surface area contributed by atoms with E-state index >= 15 is 0 Å². The maximum absolute atomic E-state index is 13.1. The summed E-state index contributed by atoms with van der Waals surface area (Å²) in [4.78, 5) is 39.7. The van der Waals surface area contributed by atoms with Gasteiger partial charge in [-0.1, -0.05) is 30.3 Å². The van der Waals surface area contributed by atoms with E-state index in [4.69, 9.17) is 18.9 Å². The third-order valence-electron chi connectivity index (χ3n) is 6.36. The molecule has 9 heteroatoms. The lowest BCUT2D eigenvalue weighted by atomic mass is 9.79. The molecular weight excluding hydrogens is 416 g/mol. The summed E-state index contributed by atoms with van der Waals surface area (Å²) in [5.74, 6) is -1.85. The average molecular weight is 447 g/mol. The van der Waals surface area contributed by atoms with E-state index in [9.17, 15) is 14.4 Å². The Balaban J connectivity index is 1.36. The van der Waals surface area contributed by atoms with E-state index in [1.807, 2.05) is 30.3 Å². The van der Waals surface area contributed by atoms with E-state index in [-0.39, 0.29) is 31.1 Å². The topological polar surface area (TPSA) is 103 Å². The standard InChI is InChI=1S/C23H30N2O7/c1-2-29-21(27)17-14-23(31-12-13-32-23)10-8-19(17)25-11-9-18(20(25)26)24-22(28)30-15-16-6-4-3-5-7-16/h3-7,17-19H,2,8-15H2,1H3,(H,24,28)/t17-,18+,19+/m1/s1. The Morgan fingerprint density at radius 1 is 1.16 bits per heavy atom. The summed E-state index contributed by atoms with van der Waals surface area (Å²) in [5.41, 5.74) is 0.867. The number of alkyl carbamates (subject to hydrolysis) is 1. The van der Waals surface area contributed by atoms with Gasteiger partial charge in [-0.15, -0.1) is 0 Å². The van der Waals surface area contributed by atoms with Crippen LogP contribution in [-0.2, 0) is 35.1 Å². The van der Waals surface area contributed by atoms with Gasteiger partial charge >= 0.3 is 12.1 Å². The summed E-state index contributed by atoms with van der Waals surface area (Å²) in [7, 11) is 0. The first-order valence-electron chi connectivity index (χ1n) is 11.2. The zero-order valence-electron chi connectivity index (χ0n) is 18.3. The highest BCUT2D eigenvalue weighted by Crippen LogP contribution is 2.42. The molecule has 32 heavy (non-hydrogen) atoms. The van der Waals surface area contributed by atoms with E-state index < -0.39 is 23.8 Å². The summed E-state index contributed by atoms with van der Waals surface area (Å²) in [6.07, 6.45) is 1.36. The second kappa shape index (κ2) is 9.87. The number of rotatable bonds is 6. The lowest BCUT2D eigenvalue weighted by molar-refractivity contribution is -0.204. The van der Waals surface area contributed by atoms with E-state index in [1.54, 1.807) is 11.8 Å². The van der Waals surface area contributed by atoms with Gasteiger partial charge in [0, 0.05) is 25.4 Å². The Morgan fingerprint density at radius 3 is 2.62 bits per heavy atom. The zero-order chi connectivity index (χ0) is 22.6. The molecule has 1 spiro atoms. The Morgan fingerprint density at radius 2 is 1.91 bits per heavy atom. The zero-order valence-corrected chi connectivity index (χ0v) is 18.3. The predicted molar refractivity (Wildman–Crippen MR) is 112 cm³/mol. The number of amides is 2. The molecule has 2 heterocycles. The minimum absolute atomic E-state index is 0.132. The number of likely N-dealkylation sites (tertiary alicyclic amines) is 1. The number of carbonyl (C=O) groups is 3. The Bertz CT molecular complexity index is 825. The summed E-state index contributed by atoms with van der Waals surface area (Å²) in [6.45, 7) is 3.61. The highest BCUT2D eigenvalue weighted by molar-refractivity contribution is 5.88. The Labute approximate surface area is 187 Å². The highest BCUT2D eigenvalue weighted by atomic mass is 16.7. The van der Waals surface area contributed by atoms with Gasteiger partial charge in [0.2, 0.25) is 5.91 Å². The van der Waals surface area contributed by atoms with Crippen LogP contribution in [0.4, 0.5) is 4.79 Å². The smallest absolute Gasteiger partial charge is 0.408 e. The van der Waals surface area contributed by atoms with Crippen molar-refractivity contribution in [1.82, 2.24) is 10.2 Å². The minimum atomic E-state index is -0.768. The molecule has 1 aromatic carbocycles. The lowest BCUT2D eigenvalue weighted by Crippen LogP contribution is -2.54. The minimum Gasteiger partial charge on any atom is -0.466 e. The molecule has 174 valence electrons. The van der Waals surface area contributed by atoms with Gasteiger partial charge in [-0.05, 0) is 25.3 Å². The molecular formula is C23H30N2O7. The quantitative estimate of drug-likeness (QED) is 0.667. The summed E-state index contributed by atoms with van der Waals surface area (Å²) in [5, 5.41) is 2.67. The SMILES string of the molecule is CCOC(=O)[C@@H]1CC2(CC[C@@H]1N1CC[C@H](NC(=O)OCc3ccccc3)C1=O)OCCO2. The normalized spacial score (nSPS) is 26.8. The number of hydrogen-bond donors (Lipinski definition) is 1. The first kappa shape index (κ1) is 22.5. The van der Waals surface area contributed by atoms with Crippen LogP contribution in [0, 0.1) is 5.92 Å². The van der Waals surface area contributed by atoms with Crippen molar-refractivity contribution in [3.05, 3.63) is 35.9 Å². The highest BCUT2D eigenvalue weighted by Gasteiger charge is 2.52. The number of carbonyl (C=O) groups excluding carboxylic acids is 3. The number of hydrogen-bond acceptors (Lipinski definition) is 7. The molecule has 2 amide bonds. The van der Waals surface area contributed by atoms with E-state index in [1.165, 1.54) is 0 Å². The van der Waals surface area contributed by atoms with Crippen LogP contribution in [0.1, 0.15) is 38.2 Å². The van der Waals surface area contributed by atoms with Gasteiger partial charge in [0.05, 0.1) is 25.7 Å². The van der Waals surface area contributed by atoms with Gasteiger partial charge in [0.1, 0.15) is 12.6 Å². The fraction of sp³-hybridized carbons (Fsp3) is 0.609. The van der Waals surface area contributed by atoms with Crippen molar-refractivity contribution in [3.63, 3.8) is 0 Å². The maximum Gasteiger partial charge on any atom is 0.408 e. The fourth-order valence-corrected chi connectivity index (χ4v) is 4.84. The molecule has 1 aromatic rings. The van der Waals surface area contributed by atoms with Crippen molar-refractivity contribution >= 4 is 18.0 Å².